The van der Waals surface area contributed by atoms with E-state index in [1.807, 2.05) is 32.0 Å². The Hall–Kier alpha value is -2.49. The second-order valence-electron chi connectivity index (χ2n) is 4.78. The summed E-state index contributed by atoms with van der Waals surface area (Å²) in [5, 5.41) is 1.35. The molecular weight excluding hydrogens is 253 g/mol. The molecule has 4 heteroatoms. The number of nitrogens with two attached hydrogens (primary N) is 1. The van der Waals surface area contributed by atoms with Gasteiger partial charge in [0.2, 0.25) is 0 Å². The van der Waals surface area contributed by atoms with E-state index in [9.17, 15) is 4.39 Å². The smallest absolute Gasteiger partial charge is 0.162 e. The summed E-state index contributed by atoms with van der Waals surface area (Å²) in [6, 6.07) is 10.4. The highest BCUT2D eigenvalue weighted by molar-refractivity contribution is 5.95. The Morgan fingerprint density at radius 1 is 0.950 bits per heavy atom. The van der Waals surface area contributed by atoms with Crippen molar-refractivity contribution in [1.29, 1.82) is 0 Å². The molecule has 0 fully saturated rings. The van der Waals surface area contributed by atoms with E-state index in [2.05, 4.69) is 9.97 Å². The molecule has 0 saturated heterocycles. The van der Waals surface area contributed by atoms with Crippen molar-refractivity contribution in [2.75, 3.05) is 5.73 Å². The lowest BCUT2D eigenvalue weighted by molar-refractivity contribution is 0.640. The van der Waals surface area contributed by atoms with Crippen molar-refractivity contribution in [3.05, 3.63) is 53.5 Å². The van der Waals surface area contributed by atoms with Crippen molar-refractivity contribution < 1.29 is 4.39 Å². The number of aromatic nitrogens is 2. The van der Waals surface area contributed by atoms with Gasteiger partial charge >= 0.3 is 0 Å². The molecule has 2 aromatic carbocycles. The van der Waals surface area contributed by atoms with Crippen molar-refractivity contribution in [3.8, 4) is 11.4 Å². The lowest BCUT2D eigenvalue weighted by atomic mass is 10.0. The van der Waals surface area contributed by atoms with Crippen LogP contribution in [-0.2, 0) is 0 Å². The Balaban J connectivity index is 2.33. The van der Waals surface area contributed by atoms with Gasteiger partial charge in [-0.2, -0.15) is 0 Å². The van der Waals surface area contributed by atoms with E-state index >= 15 is 0 Å². The van der Waals surface area contributed by atoms with Gasteiger partial charge in [-0.25, -0.2) is 14.4 Å². The first-order valence-corrected chi connectivity index (χ1v) is 6.36. The normalized spacial score (nSPS) is 10.9. The van der Waals surface area contributed by atoms with Crippen LogP contribution in [0, 0.1) is 19.7 Å². The number of anilines is 1. The third-order valence-electron chi connectivity index (χ3n) is 3.54. The minimum absolute atomic E-state index is 0.249. The number of hydrogen-bond acceptors (Lipinski definition) is 3. The maximum atomic E-state index is 13.8. The monoisotopic (exact) mass is 267 g/mol. The first kappa shape index (κ1) is 12.5. The third kappa shape index (κ3) is 1.90. The van der Waals surface area contributed by atoms with Crippen molar-refractivity contribution in [3.63, 3.8) is 0 Å². The van der Waals surface area contributed by atoms with Crippen LogP contribution in [0.1, 0.15) is 11.3 Å². The molecule has 3 rings (SSSR count). The molecular formula is C16H14FN3. The predicted octanol–water partition coefficient (Wildman–Crippen LogP) is 3.63. The van der Waals surface area contributed by atoms with Gasteiger partial charge in [-0.15, -0.1) is 0 Å². The zero-order chi connectivity index (χ0) is 14.3. The van der Waals surface area contributed by atoms with Crippen LogP contribution in [-0.4, -0.2) is 9.97 Å². The molecule has 0 radical (unpaired) electrons. The standard InChI is InChI=1S/C16H14FN3/c1-9-10(2)19-16(20-15(9)18)13-7-8-14(17)12-6-4-3-5-11(12)13/h3-8H,1-2H3,(H2,18,19,20). The van der Waals surface area contributed by atoms with E-state index in [4.69, 9.17) is 5.73 Å². The van der Waals surface area contributed by atoms with Gasteiger partial charge in [0.15, 0.2) is 5.82 Å². The molecule has 0 aliphatic heterocycles. The fraction of sp³-hybridized carbons (Fsp3) is 0.125. The second kappa shape index (κ2) is 4.56. The number of halogens is 1. The van der Waals surface area contributed by atoms with Gasteiger partial charge in [0.1, 0.15) is 11.6 Å². The first-order valence-electron chi connectivity index (χ1n) is 6.36. The Morgan fingerprint density at radius 3 is 2.35 bits per heavy atom. The molecule has 0 atom stereocenters. The number of aryl methyl sites for hydroxylation is 1. The Labute approximate surface area is 116 Å². The Morgan fingerprint density at radius 2 is 1.65 bits per heavy atom. The number of fused-ring (bicyclic) bond motifs is 1. The lowest BCUT2D eigenvalue weighted by Crippen LogP contribution is -2.02. The first-order chi connectivity index (χ1) is 9.58. The molecule has 2 N–H and O–H groups in total. The van der Waals surface area contributed by atoms with E-state index in [0.717, 1.165) is 22.2 Å². The summed E-state index contributed by atoms with van der Waals surface area (Å²) in [4.78, 5) is 8.80. The summed E-state index contributed by atoms with van der Waals surface area (Å²) >= 11 is 0. The molecule has 100 valence electrons. The number of rotatable bonds is 1. The van der Waals surface area contributed by atoms with E-state index in [1.165, 1.54) is 6.07 Å². The van der Waals surface area contributed by atoms with E-state index in [-0.39, 0.29) is 5.82 Å². The summed E-state index contributed by atoms with van der Waals surface area (Å²) in [5.41, 5.74) is 8.41. The van der Waals surface area contributed by atoms with Gasteiger partial charge in [0.25, 0.3) is 0 Å². The van der Waals surface area contributed by atoms with Crippen LogP contribution >= 0.6 is 0 Å². The third-order valence-corrected chi connectivity index (χ3v) is 3.54. The maximum Gasteiger partial charge on any atom is 0.162 e. The molecule has 20 heavy (non-hydrogen) atoms. The highest BCUT2D eigenvalue weighted by atomic mass is 19.1. The number of nitrogens with zero attached hydrogens (tertiary/aromatic N) is 2. The van der Waals surface area contributed by atoms with E-state index in [1.54, 1.807) is 12.1 Å². The highest BCUT2D eigenvalue weighted by Crippen LogP contribution is 2.29. The fourth-order valence-electron chi connectivity index (χ4n) is 2.23. The molecule has 1 aromatic heterocycles. The summed E-state index contributed by atoms with van der Waals surface area (Å²) in [5.74, 6) is 0.740. The number of nitrogen functional groups attached to an aromatic ring is 1. The molecule has 0 unspecified atom stereocenters. The minimum Gasteiger partial charge on any atom is -0.383 e. The minimum atomic E-state index is -0.249. The van der Waals surface area contributed by atoms with Crippen molar-refractivity contribution in [2.45, 2.75) is 13.8 Å². The molecule has 0 bridgehead atoms. The van der Waals surface area contributed by atoms with Crippen molar-refractivity contribution >= 4 is 16.6 Å². The topological polar surface area (TPSA) is 51.8 Å². The van der Waals surface area contributed by atoms with Crippen LogP contribution in [0.2, 0.25) is 0 Å². The number of hydrogen-bond donors (Lipinski definition) is 1. The average molecular weight is 267 g/mol. The van der Waals surface area contributed by atoms with Gasteiger partial charge in [0.05, 0.1) is 0 Å². The molecule has 3 aromatic rings. The van der Waals surface area contributed by atoms with E-state index < -0.39 is 0 Å². The quantitative estimate of drug-likeness (QED) is 0.732. The van der Waals surface area contributed by atoms with Crippen molar-refractivity contribution in [2.24, 2.45) is 0 Å². The zero-order valence-electron chi connectivity index (χ0n) is 11.3. The molecule has 3 nitrogen and oxygen atoms in total. The largest absolute Gasteiger partial charge is 0.383 e. The van der Waals surface area contributed by atoms with Crippen LogP contribution in [0.4, 0.5) is 10.2 Å². The Bertz CT molecular complexity index is 789. The lowest BCUT2D eigenvalue weighted by Gasteiger charge is -2.09. The summed E-state index contributed by atoms with van der Waals surface area (Å²) in [6.45, 7) is 3.78. The molecule has 0 amide bonds. The van der Waals surface area contributed by atoms with Crippen LogP contribution in [0.5, 0.6) is 0 Å². The van der Waals surface area contributed by atoms with Gasteiger partial charge in [-0.05, 0) is 31.4 Å². The van der Waals surface area contributed by atoms with Gasteiger partial charge < -0.3 is 5.73 Å². The molecule has 0 spiro atoms. The van der Waals surface area contributed by atoms with Gasteiger partial charge in [0, 0.05) is 22.2 Å². The van der Waals surface area contributed by atoms with Crippen LogP contribution < -0.4 is 5.73 Å². The SMILES string of the molecule is Cc1nc(-c2ccc(F)c3ccccc23)nc(N)c1C. The molecule has 0 aliphatic carbocycles. The van der Waals surface area contributed by atoms with Gasteiger partial charge in [-0.1, -0.05) is 24.3 Å². The summed E-state index contributed by atoms with van der Waals surface area (Å²) < 4.78 is 13.8. The highest BCUT2D eigenvalue weighted by Gasteiger charge is 2.12. The second-order valence-corrected chi connectivity index (χ2v) is 4.78. The molecule has 0 aliphatic rings. The van der Waals surface area contributed by atoms with Crippen LogP contribution in [0.3, 0.4) is 0 Å². The number of benzene rings is 2. The van der Waals surface area contributed by atoms with E-state index in [0.29, 0.717) is 17.0 Å². The maximum absolute atomic E-state index is 13.8. The molecule has 0 saturated carbocycles. The Kier molecular flexibility index (Phi) is 2.86. The van der Waals surface area contributed by atoms with Gasteiger partial charge in [-0.3, -0.25) is 0 Å². The average Bonchev–Trinajstić information content (AvgIpc) is 2.45. The zero-order valence-corrected chi connectivity index (χ0v) is 11.3. The molecule has 1 heterocycles. The van der Waals surface area contributed by atoms with Crippen LogP contribution in [0.25, 0.3) is 22.2 Å². The van der Waals surface area contributed by atoms with Crippen molar-refractivity contribution in [1.82, 2.24) is 9.97 Å². The predicted molar refractivity (Wildman–Crippen MR) is 78.8 cm³/mol. The fourth-order valence-corrected chi connectivity index (χ4v) is 2.23. The van der Waals surface area contributed by atoms with Crippen LogP contribution in [0.15, 0.2) is 36.4 Å². The summed E-state index contributed by atoms with van der Waals surface area (Å²) in [6.07, 6.45) is 0. The summed E-state index contributed by atoms with van der Waals surface area (Å²) in [7, 11) is 0.